The maximum Gasteiger partial charge on any atom is 0.251 e. The van der Waals surface area contributed by atoms with Crippen molar-refractivity contribution in [3.63, 3.8) is 0 Å². The lowest BCUT2D eigenvalue weighted by atomic mass is 10.1. The first-order chi connectivity index (χ1) is 16.5. The van der Waals surface area contributed by atoms with Gasteiger partial charge in [0, 0.05) is 36.2 Å². The van der Waals surface area contributed by atoms with Crippen LogP contribution in [-0.2, 0) is 9.59 Å². The summed E-state index contributed by atoms with van der Waals surface area (Å²) in [5.41, 5.74) is 1.45. The average Bonchev–Trinajstić information content (AvgIpc) is 3.37. The van der Waals surface area contributed by atoms with Crippen LogP contribution in [0.1, 0.15) is 23.4 Å². The topological polar surface area (TPSA) is 61.9 Å². The number of hydrogen-bond donors (Lipinski definition) is 1. The number of thiophene rings is 1. The van der Waals surface area contributed by atoms with Gasteiger partial charge in [0.2, 0.25) is 5.91 Å². The van der Waals surface area contributed by atoms with Crippen molar-refractivity contribution in [2.45, 2.75) is 25.9 Å². The van der Waals surface area contributed by atoms with E-state index in [9.17, 15) is 9.59 Å². The highest BCUT2D eigenvalue weighted by atomic mass is 35.5. The molecule has 2 aromatic carbocycles. The van der Waals surface area contributed by atoms with E-state index in [1.165, 1.54) is 11.3 Å². The molecule has 1 aliphatic heterocycles. The second kappa shape index (κ2) is 12.4. The number of hydrogen-bond acceptors (Lipinski definition) is 5. The summed E-state index contributed by atoms with van der Waals surface area (Å²) in [7, 11) is 0. The normalized spacial score (nSPS) is 16.2. The summed E-state index contributed by atoms with van der Waals surface area (Å²) in [6.45, 7) is 5.86. The van der Waals surface area contributed by atoms with Gasteiger partial charge in [0.25, 0.3) is 5.91 Å². The fraction of sp³-hybridized carbons (Fsp3) is 0.308. The van der Waals surface area contributed by atoms with E-state index in [1.54, 1.807) is 4.90 Å². The minimum absolute atomic E-state index is 0. The van der Waals surface area contributed by atoms with Gasteiger partial charge < -0.3 is 15.0 Å². The van der Waals surface area contributed by atoms with Crippen molar-refractivity contribution in [1.29, 1.82) is 0 Å². The Hall–Kier alpha value is -2.58. The SMILES string of the molecule is Cc1cc(Oc2ccccc2)ccc1N(C(=O)CCl)C(C(=O)N1CCN[C@@H](C)C1)c1cccs1.Cl. The van der Waals surface area contributed by atoms with Gasteiger partial charge >= 0.3 is 0 Å². The Labute approximate surface area is 221 Å². The fourth-order valence-electron chi connectivity index (χ4n) is 4.18. The van der Waals surface area contributed by atoms with E-state index in [-0.39, 0.29) is 36.1 Å². The highest BCUT2D eigenvalue weighted by molar-refractivity contribution is 7.10. The summed E-state index contributed by atoms with van der Waals surface area (Å²) >= 11 is 7.52. The third-order valence-corrected chi connectivity index (χ3v) is 6.93. The number of alkyl halides is 1. The predicted octanol–water partition coefficient (Wildman–Crippen LogP) is 5.40. The Balaban J connectivity index is 0.00000342. The van der Waals surface area contributed by atoms with E-state index >= 15 is 0 Å². The minimum Gasteiger partial charge on any atom is -0.457 e. The summed E-state index contributed by atoms with van der Waals surface area (Å²) in [6, 6.07) is 18.2. The number of piperazine rings is 1. The molecule has 0 radical (unpaired) electrons. The first-order valence-corrected chi connectivity index (χ1v) is 12.7. The third kappa shape index (κ3) is 6.35. The number of nitrogens with one attached hydrogen (secondary N) is 1. The zero-order valence-electron chi connectivity index (χ0n) is 19.6. The van der Waals surface area contributed by atoms with Crippen LogP contribution in [-0.4, -0.2) is 48.3 Å². The monoisotopic (exact) mass is 533 g/mol. The molecule has 0 aliphatic carbocycles. The Morgan fingerprint density at radius 1 is 1.17 bits per heavy atom. The van der Waals surface area contributed by atoms with Crippen LogP contribution in [0.4, 0.5) is 5.69 Å². The molecule has 6 nitrogen and oxygen atoms in total. The molecule has 1 N–H and O–H groups in total. The minimum atomic E-state index is -0.781. The number of rotatable bonds is 7. The molecule has 0 bridgehead atoms. The largest absolute Gasteiger partial charge is 0.457 e. The molecule has 2 heterocycles. The zero-order valence-corrected chi connectivity index (χ0v) is 22.0. The van der Waals surface area contributed by atoms with E-state index in [2.05, 4.69) is 12.2 Å². The molecular weight excluding hydrogens is 505 g/mol. The quantitative estimate of drug-likeness (QED) is 0.412. The van der Waals surface area contributed by atoms with Crippen LogP contribution < -0.4 is 15.0 Å². The van der Waals surface area contributed by atoms with E-state index < -0.39 is 6.04 Å². The first-order valence-electron chi connectivity index (χ1n) is 11.2. The Kier molecular flexibility index (Phi) is 9.57. The molecule has 3 aromatic rings. The van der Waals surface area contributed by atoms with Crippen LogP contribution in [0.25, 0.3) is 0 Å². The molecule has 9 heteroatoms. The van der Waals surface area contributed by atoms with Crippen LogP contribution in [0.15, 0.2) is 66.0 Å². The first kappa shape index (κ1) is 27.0. The van der Waals surface area contributed by atoms with Gasteiger partial charge in [0.05, 0.1) is 0 Å². The maximum atomic E-state index is 13.8. The molecule has 1 aliphatic rings. The van der Waals surface area contributed by atoms with E-state index in [4.69, 9.17) is 16.3 Å². The second-order valence-corrected chi connectivity index (χ2v) is 9.56. The lowest BCUT2D eigenvalue weighted by molar-refractivity contribution is -0.135. The lowest BCUT2D eigenvalue weighted by Gasteiger charge is -2.38. The molecule has 2 amide bonds. The third-order valence-electron chi connectivity index (χ3n) is 5.77. The van der Waals surface area contributed by atoms with Crippen LogP contribution in [0.3, 0.4) is 0 Å². The summed E-state index contributed by atoms with van der Waals surface area (Å²) in [6.07, 6.45) is 0. The van der Waals surface area contributed by atoms with Gasteiger partial charge in [-0.3, -0.25) is 14.5 Å². The summed E-state index contributed by atoms with van der Waals surface area (Å²) in [4.78, 5) is 31.2. The lowest BCUT2D eigenvalue weighted by Crippen LogP contribution is -2.55. The van der Waals surface area contributed by atoms with Crippen molar-refractivity contribution < 1.29 is 14.3 Å². The molecule has 2 atom stereocenters. The number of amides is 2. The van der Waals surface area contributed by atoms with Gasteiger partial charge in [-0.1, -0.05) is 24.3 Å². The van der Waals surface area contributed by atoms with Crippen LogP contribution in [0, 0.1) is 6.92 Å². The summed E-state index contributed by atoms with van der Waals surface area (Å²) in [5, 5.41) is 5.28. The van der Waals surface area contributed by atoms with Gasteiger partial charge in [0.1, 0.15) is 23.4 Å². The molecule has 0 spiro atoms. The predicted molar refractivity (Wildman–Crippen MR) is 144 cm³/mol. The van der Waals surface area contributed by atoms with Crippen molar-refractivity contribution in [2.75, 3.05) is 30.4 Å². The van der Waals surface area contributed by atoms with Gasteiger partial charge in [-0.05, 0) is 61.2 Å². The highest BCUT2D eigenvalue weighted by Crippen LogP contribution is 2.36. The maximum absolute atomic E-state index is 13.8. The number of para-hydroxylation sites is 1. The Bertz CT molecular complexity index is 1130. The van der Waals surface area contributed by atoms with Gasteiger partial charge in [-0.2, -0.15) is 0 Å². The van der Waals surface area contributed by atoms with Crippen LogP contribution in [0.5, 0.6) is 11.5 Å². The number of carbonyl (C=O) groups is 2. The molecular formula is C26H29Cl2N3O3S. The summed E-state index contributed by atoms with van der Waals surface area (Å²) < 4.78 is 5.96. The zero-order chi connectivity index (χ0) is 24.1. The van der Waals surface area contributed by atoms with Crippen LogP contribution in [0.2, 0.25) is 0 Å². The molecule has 1 unspecified atom stereocenters. The molecule has 0 saturated carbocycles. The van der Waals surface area contributed by atoms with Gasteiger partial charge in [-0.25, -0.2) is 0 Å². The van der Waals surface area contributed by atoms with Gasteiger partial charge in [-0.15, -0.1) is 35.3 Å². The van der Waals surface area contributed by atoms with E-state index in [1.807, 2.05) is 77.9 Å². The van der Waals surface area contributed by atoms with Crippen molar-refractivity contribution in [3.05, 3.63) is 76.5 Å². The highest BCUT2D eigenvalue weighted by Gasteiger charge is 2.37. The number of benzene rings is 2. The summed E-state index contributed by atoms with van der Waals surface area (Å²) in [5.74, 6) is 0.729. The smallest absolute Gasteiger partial charge is 0.251 e. The van der Waals surface area contributed by atoms with E-state index in [0.29, 0.717) is 24.5 Å². The number of anilines is 1. The number of nitrogens with zero attached hydrogens (tertiary/aromatic N) is 2. The van der Waals surface area contributed by atoms with Crippen molar-refractivity contribution in [3.8, 4) is 11.5 Å². The van der Waals surface area contributed by atoms with Crippen LogP contribution >= 0.6 is 35.3 Å². The standard InChI is InChI=1S/C26H28ClN3O3S.ClH/c1-18-15-21(33-20-7-4-3-5-8-20)10-11-22(18)30(24(31)16-27)25(23-9-6-14-34-23)26(32)29-13-12-28-19(2)17-29;/h3-11,14-15,19,25,28H,12-13,16-17H2,1-2H3;1H/t19-,25?;/m0./s1. The second-order valence-electron chi connectivity index (χ2n) is 8.32. The number of ether oxygens (including phenoxy) is 1. The van der Waals surface area contributed by atoms with Crippen molar-refractivity contribution >= 4 is 52.8 Å². The number of aryl methyl sites for hydroxylation is 1. The average molecular weight is 535 g/mol. The molecule has 4 rings (SSSR count). The molecule has 1 fully saturated rings. The van der Waals surface area contributed by atoms with E-state index in [0.717, 1.165) is 22.7 Å². The fourth-order valence-corrected chi connectivity index (χ4v) is 5.12. The Morgan fingerprint density at radius 2 is 1.94 bits per heavy atom. The van der Waals surface area contributed by atoms with Crippen molar-refractivity contribution in [1.82, 2.24) is 10.2 Å². The molecule has 35 heavy (non-hydrogen) atoms. The molecule has 186 valence electrons. The Morgan fingerprint density at radius 3 is 2.57 bits per heavy atom. The molecule has 1 aromatic heterocycles. The number of carbonyl (C=O) groups excluding carboxylic acids is 2. The van der Waals surface area contributed by atoms with Crippen molar-refractivity contribution in [2.24, 2.45) is 0 Å². The molecule has 1 saturated heterocycles. The van der Waals surface area contributed by atoms with Gasteiger partial charge in [0.15, 0.2) is 0 Å². The number of halogens is 2.